The van der Waals surface area contributed by atoms with Gasteiger partial charge in [0.2, 0.25) is 5.91 Å². The van der Waals surface area contributed by atoms with Crippen molar-refractivity contribution in [1.82, 2.24) is 9.97 Å². The fraction of sp³-hybridized carbons (Fsp3) is 0.409. The van der Waals surface area contributed by atoms with Gasteiger partial charge in [-0.25, -0.2) is 4.98 Å². The Labute approximate surface area is 168 Å². The summed E-state index contributed by atoms with van der Waals surface area (Å²) in [4.78, 5) is 34.5. The summed E-state index contributed by atoms with van der Waals surface area (Å²) in [5, 5.41) is 3.68. The summed E-state index contributed by atoms with van der Waals surface area (Å²) in [7, 11) is 0. The molecule has 1 aromatic carbocycles. The number of anilines is 1. The van der Waals surface area contributed by atoms with Crippen LogP contribution in [0.1, 0.15) is 60.9 Å². The van der Waals surface area contributed by atoms with Gasteiger partial charge in [0.1, 0.15) is 10.7 Å². The topological polar surface area (TPSA) is 74.8 Å². The molecule has 2 N–H and O–H groups in total. The van der Waals surface area contributed by atoms with Crippen molar-refractivity contribution < 1.29 is 4.79 Å². The van der Waals surface area contributed by atoms with E-state index in [-0.39, 0.29) is 17.9 Å². The SMILES string of the molecule is CC(C)c1ccc(NC(=O)CCc2nc3sc4c(c3c(=O)[nH]2)CCCC4)cc1. The van der Waals surface area contributed by atoms with E-state index in [1.807, 2.05) is 24.3 Å². The number of hydrogen-bond donors (Lipinski definition) is 2. The number of benzene rings is 1. The molecule has 0 atom stereocenters. The molecule has 0 unspecified atom stereocenters. The van der Waals surface area contributed by atoms with Crippen LogP contribution in [0.4, 0.5) is 5.69 Å². The van der Waals surface area contributed by atoms with Crippen LogP contribution in [0.2, 0.25) is 0 Å². The number of hydrogen-bond acceptors (Lipinski definition) is 4. The number of H-pyrrole nitrogens is 1. The first-order valence-electron chi connectivity index (χ1n) is 9.94. The van der Waals surface area contributed by atoms with Crippen molar-refractivity contribution in [2.24, 2.45) is 0 Å². The molecule has 0 saturated carbocycles. The lowest BCUT2D eigenvalue weighted by atomic mass is 9.97. The Morgan fingerprint density at radius 2 is 1.96 bits per heavy atom. The van der Waals surface area contributed by atoms with Gasteiger partial charge in [0.15, 0.2) is 0 Å². The zero-order valence-corrected chi connectivity index (χ0v) is 17.1. The average Bonchev–Trinajstić information content (AvgIpc) is 3.05. The Bertz CT molecular complexity index is 1060. The van der Waals surface area contributed by atoms with E-state index in [9.17, 15) is 9.59 Å². The molecule has 0 spiro atoms. The Morgan fingerprint density at radius 3 is 2.71 bits per heavy atom. The van der Waals surface area contributed by atoms with E-state index in [1.54, 1.807) is 11.3 Å². The molecule has 1 amide bonds. The molecule has 2 aromatic heterocycles. The van der Waals surface area contributed by atoms with Crippen molar-refractivity contribution in [2.45, 2.75) is 58.3 Å². The fourth-order valence-electron chi connectivity index (χ4n) is 3.73. The molecule has 146 valence electrons. The molecule has 2 heterocycles. The molecule has 4 rings (SSSR count). The monoisotopic (exact) mass is 395 g/mol. The number of aromatic amines is 1. The summed E-state index contributed by atoms with van der Waals surface area (Å²) in [5.41, 5.74) is 3.15. The van der Waals surface area contributed by atoms with Gasteiger partial charge in [0.25, 0.3) is 5.56 Å². The molecule has 1 aliphatic carbocycles. The Hall–Kier alpha value is -2.47. The fourth-order valence-corrected chi connectivity index (χ4v) is 5.01. The van der Waals surface area contributed by atoms with Crippen molar-refractivity contribution in [3.63, 3.8) is 0 Å². The van der Waals surface area contributed by atoms with Crippen LogP contribution in [0, 0.1) is 0 Å². The zero-order valence-electron chi connectivity index (χ0n) is 16.3. The molecular weight excluding hydrogens is 370 g/mol. The minimum Gasteiger partial charge on any atom is -0.326 e. The van der Waals surface area contributed by atoms with Gasteiger partial charge in [-0.05, 0) is 54.9 Å². The van der Waals surface area contributed by atoms with E-state index in [2.05, 4.69) is 29.1 Å². The van der Waals surface area contributed by atoms with Gasteiger partial charge < -0.3 is 10.3 Å². The maximum Gasteiger partial charge on any atom is 0.259 e. The van der Waals surface area contributed by atoms with E-state index < -0.39 is 0 Å². The molecule has 3 aromatic rings. The summed E-state index contributed by atoms with van der Waals surface area (Å²) < 4.78 is 0. The molecule has 0 bridgehead atoms. The molecule has 28 heavy (non-hydrogen) atoms. The second kappa shape index (κ2) is 7.87. The van der Waals surface area contributed by atoms with Crippen LogP contribution in [0.25, 0.3) is 10.2 Å². The summed E-state index contributed by atoms with van der Waals surface area (Å²) >= 11 is 1.64. The Balaban J connectivity index is 1.43. The molecule has 6 heteroatoms. The highest BCUT2D eigenvalue weighted by molar-refractivity contribution is 7.18. The van der Waals surface area contributed by atoms with Crippen LogP contribution in [-0.2, 0) is 24.1 Å². The smallest absolute Gasteiger partial charge is 0.259 e. The molecule has 0 radical (unpaired) electrons. The molecule has 5 nitrogen and oxygen atoms in total. The van der Waals surface area contributed by atoms with E-state index in [1.165, 1.54) is 22.4 Å². The first kappa shape index (κ1) is 18.9. The van der Waals surface area contributed by atoms with Crippen molar-refractivity contribution in [1.29, 1.82) is 0 Å². The van der Waals surface area contributed by atoms with E-state index in [0.29, 0.717) is 18.2 Å². The lowest BCUT2D eigenvalue weighted by molar-refractivity contribution is -0.116. The van der Waals surface area contributed by atoms with E-state index >= 15 is 0 Å². The summed E-state index contributed by atoms with van der Waals surface area (Å²) in [6.07, 6.45) is 5.04. The maximum atomic E-state index is 12.6. The van der Waals surface area contributed by atoms with Gasteiger partial charge in [0, 0.05) is 23.4 Å². The number of fused-ring (bicyclic) bond motifs is 3. The van der Waals surface area contributed by atoms with Crippen LogP contribution in [-0.4, -0.2) is 15.9 Å². The minimum atomic E-state index is -0.0782. The highest BCUT2D eigenvalue weighted by atomic mass is 32.1. The molecule has 1 aliphatic rings. The number of amides is 1. The number of rotatable bonds is 5. The van der Waals surface area contributed by atoms with Gasteiger partial charge >= 0.3 is 0 Å². The number of nitrogens with zero attached hydrogens (tertiary/aromatic N) is 1. The van der Waals surface area contributed by atoms with Gasteiger partial charge in [-0.15, -0.1) is 11.3 Å². The number of thiophene rings is 1. The van der Waals surface area contributed by atoms with E-state index in [4.69, 9.17) is 0 Å². The largest absolute Gasteiger partial charge is 0.326 e. The number of carbonyl (C=O) groups excluding carboxylic acids is 1. The minimum absolute atomic E-state index is 0.0657. The van der Waals surface area contributed by atoms with Crippen molar-refractivity contribution in [2.75, 3.05) is 5.32 Å². The van der Waals surface area contributed by atoms with Gasteiger partial charge in [0.05, 0.1) is 5.39 Å². The first-order valence-corrected chi connectivity index (χ1v) is 10.8. The standard InChI is InChI=1S/C22H25N3O2S/c1-13(2)14-7-9-15(10-8-14)23-19(26)12-11-18-24-21(27)20-16-5-3-4-6-17(16)28-22(20)25-18/h7-10,13H,3-6,11-12H2,1-2H3,(H,23,26)(H,24,25,27). The van der Waals surface area contributed by atoms with Gasteiger partial charge in [-0.1, -0.05) is 26.0 Å². The second-order valence-electron chi connectivity index (χ2n) is 7.73. The van der Waals surface area contributed by atoms with Crippen molar-refractivity contribution in [3.8, 4) is 0 Å². The zero-order chi connectivity index (χ0) is 19.7. The van der Waals surface area contributed by atoms with Crippen LogP contribution >= 0.6 is 11.3 Å². The van der Waals surface area contributed by atoms with Crippen molar-refractivity contribution >= 4 is 33.1 Å². The third kappa shape index (κ3) is 3.87. The Morgan fingerprint density at radius 1 is 1.21 bits per heavy atom. The first-order chi connectivity index (χ1) is 13.5. The highest BCUT2D eigenvalue weighted by Crippen LogP contribution is 2.33. The lowest BCUT2D eigenvalue weighted by Gasteiger charge is -2.09. The van der Waals surface area contributed by atoms with Crippen molar-refractivity contribution in [3.05, 3.63) is 56.4 Å². The predicted octanol–water partition coefficient (Wildman–Crippen LogP) is 4.56. The van der Waals surface area contributed by atoms with Crippen LogP contribution in [0.3, 0.4) is 0 Å². The average molecular weight is 396 g/mol. The molecule has 0 aliphatic heterocycles. The normalized spacial score (nSPS) is 13.7. The maximum absolute atomic E-state index is 12.6. The number of carbonyl (C=O) groups is 1. The van der Waals surface area contributed by atoms with Gasteiger partial charge in [-0.3, -0.25) is 9.59 Å². The summed E-state index contributed by atoms with van der Waals surface area (Å²) in [5.74, 6) is 0.970. The third-order valence-corrected chi connectivity index (χ3v) is 6.51. The number of aromatic nitrogens is 2. The summed E-state index contributed by atoms with van der Waals surface area (Å²) in [6.45, 7) is 4.28. The quantitative estimate of drug-likeness (QED) is 0.665. The Kier molecular flexibility index (Phi) is 5.31. The molecule has 0 fully saturated rings. The number of nitrogens with one attached hydrogen (secondary N) is 2. The van der Waals surface area contributed by atoms with Gasteiger partial charge in [-0.2, -0.15) is 0 Å². The molecular formula is C22H25N3O2S. The molecule has 0 saturated heterocycles. The summed E-state index contributed by atoms with van der Waals surface area (Å²) in [6, 6.07) is 7.92. The highest BCUT2D eigenvalue weighted by Gasteiger charge is 2.19. The van der Waals surface area contributed by atoms with Crippen LogP contribution < -0.4 is 10.9 Å². The second-order valence-corrected chi connectivity index (χ2v) is 8.81. The van der Waals surface area contributed by atoms with Crippen LogP contribution in [0.5, 0.6) is 0 Å². The third-order valence-electron chi connectivity index (χ3n) is 5.32. The van der Waals surface area contributed by atoms with Crippen LogP contribution in [0.15, 0.2) is 29.1 Å². The lowest BCUT2D eigenvalue weighted by Crippen LogP contribution is -2.16. The number of aryl methyl sites for hydroxylation is 3. The van der Waals surface area contributed by atoms with E-state index in [0.717, 1.165) is 35.2 Å². The predicted molar refractivity (Wildman–Crippen MR) is 114 cm³/mol.